The van der Waals surface area contributed by atoms with Gasteiger partial charge in [-0.25, -0.2) is 4.79 Å². The second kappa shape index (κ2) is 8.52. The standard InChI is InChI=1S/C15H20F3N3O2/c1-3-13(22)11-5-4-6-12(9-11)20-14(23)21(2)8-7-19-10-15(16,17)18/h4-6,9,19H,3,7-8,10H2,1-2H3,(H,20,23). The molecule has 2 N–H and O–H groups in total. The van der Waals surface area contributed by atoms with E-state index in [4.69, 9.17) is 0 Å². The highest BCUT2D eigenvalue weighted by Gasteiger charge is 2.26. The molecule has 0 bridgehead atoms. The third-order valence-electron chi connectivity index (χ3n) is 3.05. The first-order valence-corrected chi connectivity index (χ1v) is 7.15. The van der Waals surface area contributed by atoms with Gasteiger partial charge in [0, 0.05) is 37.8 Å². The van der Waals surface area contributed by atoms with Gasteiger partial charge in [0.1, 0.15) is 0 Å². The highest BCUT2D eigenvalue weighted by molar-refractivity contribution is 5.98. The number of amides is 2. The summed E-state index contributed by atoms with van der Waals surface area (Å²) in [5, 5.41) is 4.82. The second-order valence-corrected chi connectivity index (χ2v) is 5.00. The number of nitrogens with one attached hydrogen (secondary N) is 2. The fourth-order valence-corrected chi connectivity index (χ4v) is 1.77. The van der Waals surface area contributed by atoms with Gasteiger partial charge in [0.05, 0.1) is 6.54 Å². The third-order valence-corrected chi connectivity index (χ3v) is 3.05. The predicted molar refractivity (Wildman–Crippen MR) is 81.6 cm³/mol. The molecule has 0 radical (unpaired) electrons. The predicted octanol–water partition coefficient (Wildman–Crippen LogP) is 2.89. The van der Waals surface area contributed by atoms with Crippen molar-refractivity contribution in [3.05, 3.63) is 29.8 Å². The molecule has 0 saturated heterocycles. The minimum atomic E-state index is -4.27. The fraction of sp³-hybridized carbons (Fsp3) is 0.467. The number of Topliss-reactive ketones (excluding diaryl/α,β-unsaturated/α-hetero) is 1. The van der Waals surface area contributed by atoms with Gasteiger partial charge in [-0.3, -0.25) is 4.79 Å². The molecule has 1 aromatic rings. The number of carbonyl (C=O) groups is 2. The molecule has 1 aromatic carbocycles. The summed E-state index contributed by atoms with van der Waals surface area (Å²) in [5.74, 6) is -0.0363. The van der Waals surface area contributed by atoms with Gasteiger partial charge in [-0.1, -0.05) is 19.1 Å². The lowest BCUT2D eigenvalue weighted by atomic mass is 10.1. The van der Waals surface area contributed by atoms with Crippen LogP contribution in [-0.4, -0.2) is 49.6 Å². The zero-order valence-electron chi connectivity index (χ0n) is 13.0. The smallest absolute Gasteiger partial charge is 0.326 e. The number of likely N-dealkylation sites (N-methyl/N-ethyl adjacent to an activating group) is 1. The van der Waals surface area contributed by atoms with Gasteiger partial charge in [-0.15, -0.1) is 0 Å². The number of halogens is 3. The Balaban J connectivity index is 2.47. The number of benzene rings is 1. The summed E-state index contributed by atoms with van der Waals surface area (Å²) in [6, 6.07) is 6.06. The first-order valence-electron chi connectivity index (χ1n) is 7.15. The lowest BCUT2D eigenvalue weighted by Gasteiger charge is -2.18. The Morgan fingerprint density at radius 3 is 2.57 bits per heavy atom. The average Bonchev–Trinajstić information content (AvgIpc) is 2.49. The van der Waals surface area contributed by atoms with Crippen LogP contribution in [0.4, 0.5) is 23.7 Å². The van der Waals surface area contributed by atoms with Crippen molar-refractivity contribution in [2.75, 3.05) is 32.0 Å². The minimum Gasteiger partial charge on any atom is -0.326 e. The molecule has 0 spiro atoms. The topological polar surface area (TPSA) is 61.4 Å². The van der Waals surface area contributed by atoms with E-state index in [0.29, 0.717) is 17.7 Å². The number of hydrogen-bond donors (Lipinski definition) is 2. The van der Waals surface area contributed by atoms with E-state index in [0.717, 1.165) is 0 Å². The summed E-state index contributed by atoms with van der Waals surface area (Å²) in [7, 11) is 1.48. The molecule has 1 rings (SSSR count). The number of anilines is 1. The Bertz CT molecular complexity index is 547. The van der Waals surface area contributed by atoms with Crippen LogP contribution in [0.2, 0.25) is 0 Å². The molecule has 8 heteroatoms. The van der Waals surface area contributed by atoms with Gasteiger partial charge in [0.15, 0.2) is 5.78 Å². The Morgan fingerprint density at radius 2 is 1.96 bits per heavy atom. The maximum Gasteiger partial charge on any atom is 0.401 e. The Hall–Kier alpha value is -2.09. The van der Waals surface area contributed by atoms with E-state index in [2.05, 4.69) is 10.6 Å². The van der Waals surface area contributed by atoms with Crippen molar-refractivity contribution >= 4 is 17.5 Å². The molecule has 0 saturated carbocycles. The molecule has 0 heterocycles. The van der Waals surface area contributed by atoms with Crippen molar-refractivity contribution in [2.45, 2.75) is 19.5 Å². The third kappa shape index (κ3) is 7.14. The molecular formula is C15H20F3N3O2. The van der Waals surface area contributed by atoms with Crippen molar-refractivity contribution in [1.29, 1.82) is 0 Å². The molecule has 0 aromatic heterocycles. The molecule has 23 heavy (non-hydrogen) atoms. The van der Waals surface area contributed by atoms with Crippen LogP contribution in [0.15, 0.2) is 24.3 Å². The van der Waals surface area contributed by atoms with Gasteiger partial charge in [-0.05, 0) is 12.1 Å². The summed E-state index contributed by atoms with van der Waals surface area (Å²) in [6.07, 6.45) is -3.91. The number of ketones is 1. The first-order chi connectivity index (χ1) is 10.7. The lowest BCUT2D eigenvalue weighted by molar-refractivity contribution is -0.124. The summed E-state index contributed by atoms with van der Waals surface area (Å²) in [6.45, 7) is 0.798. The first kappa shape index (κ1) is 19.0. The van der Waals surface area contributed by atoms with Crippen LogP contribution in [0.1, 0.15) is 23.7 Å². The molecule has 0 aliphatic carbocycles. The SMILES string of the molecule is CCC(=O)c1cccc(NC(=O)N(C)CCNCC(F)(F)F)c1. The summed E-state index contributed by atoms with van der Waals surface area (Å²) < 4.78 is 35.9. The number of rotatable bonds is 7. The fourth-order valence-electron chi connectivity index (χ4n) is 1.77. The largest absolute Gasteiger partial charge is 0.401 e. The van der Waals surface area contributed by atoms with E-state index in [1.54, 1.807) is 31.2 Å². The van der Waals surface area contributed by atoms with Crippen LogP contribution >= 0.6 is 0 Å². The van der Waals surface area contributed by atoms with Crippen LogP contribution in [0.25, 0.3) is 0 Å². The maximum absolute atomic E-state index is 12.0. The minimum absolute atomic E-state index is 0.0256. The highest BCUT2D eigenvalue weighted by atomic mass is 19.4. The van der Waals surface area contributed by atoms with E-state index in [1.807, 2.05) is 0 Å². The summed E-state index contributed by atoms with van der Waals surface area (Å²) >= 11 is 0. The van der Waals surface area contributed by atoms with Gasteiger partial charge < -0.3 is 15.5 Å². The number of urea groups is 1. The number of carbonyl (C=O) groups excluding carboxylic acids is 2. The van der Waals surface area contributed by atoms with E-state index >= 15 is 0 Å². The summed E-state index contributed by atoms with van der Waals surface area (Å²) in [5.41, 5.74) is 0.962. The molecule has 128 valence electrons. The molecule has 0 aliphatic rings. The quantitative estimate of drug-likeness (QED) is 0.596. The van der Waals surface area contributed by atoms with Gasteiger partial charge >= 0.3 is 12.2 Å². The number of alkyl halides is 3. The molecule has 0 fully saturated rings. The van der Waals surface area contributed by atoms with Crippen LogP contribution in [0, 0.1) is 0 Å². The van der Waals surface area contributed by atoms with Crippen molar-refractivity contribution in [2.24, 2.45) is 0 Å². The molecular weight excluding hydrogens is 311 g/mol. The Kier molecular flexibility index (Phi) is 7.02. The van der Waals surface area contributed by atoms with Crippen molar-refractivity contribution in [3.63, 3.8) is 0 Å². The highest BCUT2D eigenvalue weighted by Crippen LogP contribution is 2.13. The van der Waals surface area contributed by atoms with Crippen LogP contribution in [0.5, 0.6) is 0 Å². The van der Waals surface area contributed by atoms with E-state index in [1.165, 1.54) is 11.9 Å². The summed E-state index contributed by atoms with van der Waals surface area (Å²) in [4.78, 5) is 24.8. The zero-order chi connectivity index (χ0) is 17.5. The van der Waals surface area contributed by atoms with Crippen LogP contribution in [0.3, 0.4) is 0 Å². The van der Waals surface area contributed by atoms with Crippen LogP contribution < -0.4 is 10.6 Å². The molecule has 0 aliphatic heterocycles. The zero-order valence-corrected chi connectivity index (χ0v) is 13.0. The number of hydrogen-bond acceptors (Lipinski definition) is 3. The van der Waals surface area contributed by atoms with Crippen LogP contribution in [-0.2, 0) is 0 Å². The molecule has 0 atom stereocenters. The van der Waals surface area contributed by atoms with Gasteiger partial charge in [-0.2, -0.15) is 13.2 Å². The number of nitrogens with zero attached hydrogens (tertiary/aromatic N) is 1. The lowest BCUT2D eigenvalue weighted by Crippen LogP contribution is -2.39. The molecule has 2 amide bonds. The van der Waals surface area contributed by atoms with Crippen molar-refractivity contribution < 1.29 is 22.8 Å². The van der Waals surface area contributed by atoms with E-state index in [9.17, 15) is 22.8 Å². The molecule has 0 unspecified atom stereocenters. The Morgan fingerprint density at radius 1 is 1.26 bits per heavy atom. The van der Waals surface area contributed by atoms with Gasteiger partial charge in [0.2, 0.25) is 0 Å². The second-order valence-electron chi connectivity index (χ2n) is 5.00. The van der Waals surface area contributed by atoms with E-state index in [-0.39, 0.29) is 18.9 Å². The normalized spacial score (nSPS) is 11.2. The van der Waals surface area contributed by atoms with E-state index < -0.39 is 18.8 Å². The van der Waals surface area contributed by atoms with Crippen molar-refractivity contribution in [1.82, 2.24) is 10.2 Å². The maximum atomic E-state index is 12.0. The molecule has 5 nitrogen and oxygen atoms in total. The average molecular weight is 331 g/mol. The monoisotopic (exact) mass is 331 g/mol. The Labute approximate surface area is 132 Å². The van der Waals surface area contributed by atoms with Gasteiger partial charge in [0.25, 0.3) is 0 Å². The van der Waals surface area contributed by atoms with Crippen molar-refractivity contribution in [3.8, 4) is 0 Å².